The molecule has 0 spiro atoms. The molecule has 0 aliphatic heterocycles. The highest BCUT2D eigenvalue weighted by molar-refractivity contribution is 7.12. The van der Waals surface area contributed by atoms with E-state index in [0.717, 1.165) is 22.4 Å². The number of thiophene rings is 1. The molecule has 0 fully saturated rings. The Bertz CT molecular complexity index is 968. The van der Waals surface area contributed by atoms with E-state index >= 15 is 0 Å². The summed E-state index contributed by atoms with van der Waals surface area (Å²) >= 11 is 1.43. The van der Waals surface area contributed by atoms with Crippen LogP contribution in [0.3, 0.4) is 0 Å². The van der Waals surface area contributed by atoms with Crippen LogP contribution in [0.25, 0.3) is 0 Å². The number of hydrogen-bond acceptors (Lipinski definition) is 4. The fourth-order valence-electron chi connectivity index (χ4n) is 3.14. The van der Waals surface area contributed by atoms with Gasteiger partial charge in [0, 0.05) is 19.3 Å². The number of aryl methyl sites for hydroxylation is 1. The molecule has 6 heteroatoms. The maximum absolute atomic E-state index is 13.2. The third-order valence-corrected chi connectivity index (χ3v) is 5.50. The van der Waals surface area contributed by atoms with E-state index in [-0.39, 0.29) is 11.8 Å². The third-order valence-electron chi connectivity index (χ3n) is 4.64. The van der Waals surface area contributed by atoms with Gasteiger partial charge in [-0.05, 0) is 41.6 Å². The van der Waals surface area contributed by atoms with E-state index in [1.165, 1.54) is 11.3 Å². The van der Waals surface area contributed by atoms with E-state index in [0.29, 0.717) is 31.0 Å². The number of carbonyl (C=O) groups is 2. The molecule has 0 aliphatic rings. The van der Waals surface area contributed by atoms with Gasteiger partial charge in [0.2, 0.25) is 5.91 Å². The highest BCUT2D eigenvalue weighted by Gasteiger charge is 2.19. The molecule has 0 bridgehead atoms. The maximum Gasteiger partial charge on any atom is 0.268 e. The van der Waals surface area contributed by atoms with Gasteiger partial charge >= 0.3 is 0 Å². The fourth-order valence-corrected chi connectivity index (χ4v) is 3.81. The first kappa shape index (κ1) is 21.7. The fraction of sp³-hybridized carbons (Fsp3) is 0.250. The number of methoxy groups -OCH3 is 1. The van der Waals surface area contributed by atoms with Crippen LogP contribution >= 0.6 is 11.3 Å². The van der Waals surface area contributed by atoms with E-state index in [1.807, 2.05) is 66.9 Å². The normalized spacial score (nSPS) is 10.6. The quantitative estimate of drug-likeness (QED) is 0.526. The Hall–Kier alpha value is -2.96. The Labute approximate surface area is 181 Å². The second-order valence-corrected chi connectivity index (χ2v) is 7.99. The van der Waals surface area contributed by atoms with Crippen molar-refractivity contribution >= 4 is 28.8 Å². The molecular formula is C24H26N2O3S. The smallest absolute Gasteiger partial charge is 0.268 e. The Morgan fingerprint density at radius 2 is 1.83 bits per heavy atom. The standard InChI is InChI=1S/C24H26N2O3S/c1-18-5-3-6-20(15-18)17-26(24(28)22-7-4-14-30-22)21-10-8-19(9-11-21)16-23(27)25-12-13-29-2/h3-11,14-15H,12-13,16-17H2,1-2H3,(H,25,27). The van der Waals surface area contributed by atoms with Crippen LogP contribution in [0.15, 0.2) is 66.0 Å². The second kappa shape index (κ2) is 10.7. The summed E-state index contributed by atoms with van der Waals surface area (Å²) in [5.41, 5.74) is 3.93. The van der Waals surface area contributed by atoms with Crippen molar-refractivity contribution in [2.24, 2.45) is 0 Å². The summed E-state index contributed by atoms with van der Waals surface area (Å²) in [6, 6.07) is 19.5. The molecular weight excluding hydrogens is 396 g/mol. The van der Waals surface area contributed by atoms with Crippen molar-refractivity contribution in [1.29, 1.82) is 0 Å². The summed E-state index contributed by atoms with van der Waals surface area (Å²) in [5, 5.41) is 4.72. The van der Waals surface area contributed by atoms with Gasteiger partial charge < -0.3 is 15.0 Å². The molecule has 1 N–H and O–H groups in total. The SMILES string of the molecule is COCCNC(=O)Cc1ccc(N(Cc2cccc(C)c2)C(=O)c2cccs2)cc1. The molecule has 30 heavy (non-hydrogen) atoms. The molecule has 1 aromatic heterocycles. The lowest BCUT2D eigenvalue weighted by atomic mass is 10.1. The van der Waals surface area contributed by atoms with Gasteiger partial charge in [-0.15, -0.1) is 11.3 Å². The molecule has 0 atom stereocenters. The molecule has 156 valence electrons. The maximum atomic E-state index is 13.2. The average Bonchev–Trinajstić information content (AvgIpc) is 3.27. The van der Waals surface area contributed by atoms with E-state index in [2.05, 4.69) is 11.4 Å². The number of nitrogens with one attached hydrogen (secondary N) is 1. The molecule has 0 radical (unpaired) electrons. The molecule has 2 aromatic carbocycles. The third kappa shape index (κ3) is 6.02. The summed E-state index contributed by atoms with van der Waals surface area (Å²) in [7, 11) is 1.60. The van der Waals surface area contributed by atoms with E-state index < -0.39 is 0 Å². The van der Waals surface area contributed by atoms with Crippen molar-refractivity contribution in [2.75, 3.05) is 25.2 Å². The lowest BCUT2D eigenvalue weighted by Crippen LogP contribution is -2.30. The lowest BCUT2D eigenvalue weighted by molar-refractivity contribution is -0.120. The monoisotopic (exact) mass is 422 g/mol. The number of hydrogen-bond donors (Lipinski definition) is 1. The molecule has 0 aliphatic carbocycles. The first-order chi connectivity index (χ1) is 14.6. The highest BCUT2D eigenvalue weighted by atomic mass is 32.1. The Balaban J connectivity index is 1.77. The zero-order valence-electron chi connectivity index (χ0n) is 17.3. The summed E-state index contributed by atoms with van der Waals surface area (Å²) in [6.45, 7) is 3.51. The zero-order chi connectivity index (χ0) is 21.3. The molecule has 5 nitrogen and oxygen atoms in total. The van der Waals surface area contributed by atoms with Gasteiger partial charge in [-0.25, -0.2) is 0 Å². The average molecular weight is 423 g/mol. The summed E-state index contributed by atoms with van der Waals surface area (Å²) in [5.74, 6) is -0.0809. The number of nitrogens with zero attached hydrogens (tertiary/aromatic N) is 1. The van der Waals surface area contributed by atoms with Crippen LogP contribution in [0.4, 0.5) is 5.69 Å². The van der Waals surface area contributed by atoms with Crippen molar-refractivity contribution in [3.8, 4) is 0 Å². The molecule has 0 unspecified atom stereocenters. The molecule has 2 amide bonds. The first-order valence-corrected chi connectivity index (χ1v) is 10.7. The van der Waals surface area contributed by atoms with Crippen molar-refractivity contribution in [3.63, 3.8) is 0 Å². The predicted molar refractivity (Wildman–Crippen MR) is 121 cm³/mol. The van der Waals surface area contributed by atoms with Gasteiger partial charge in [-0.1, -0.05) is 48.0 Å². The van der Waals surface area contributed by atoms with Gasteiger partial charge in [-0.2, -0.15) is 0 Å². The number of carbonyl (C=O) groups excluding carboxylic acids is 2. The van der Waals surface area contributed by atoms with Crippen molar-refractivity contribution in [1.82, 2.24) is 5.32 Å². The molecule has 3 rings (SSSR count). The number of benzene rings is 2. The van der Waals surface area contributed by atoms with E-state index in [4.69, 9.17) is 4.74 Å². The number of anilines is 1. The van der Waals surface area contributed by atoms with Gasteiger partial charge in [-0.3, -0.25) is 9.59 Å². The van der Waals surface area contributed by atoms with Crippen LogP contribution in [0.2, 0.25) is 0 Å². The van der Waals surface area contributed by atoms with Gasteiger partial charge in [0.25, 0.3) is 5.91 Å². The van der Waals surface area contributed by atoms with Crippen molar-refractivity contribution in [2.45, 2.75) is 19.9 Å². The summed E-state index contributed by atoms with van der Waals surface area (Å²) < 4.78 is 4.94. The number of rotatable bonds is 9. The Kier molecular flexibility index (Phi) is 7.76. The molecule has 3 aromatic rings. The Morgan fingerprint density at radius 3 is 2.50 bits per heavy atom. The number of amides is 2. The lowest BCUT2D eigenvalue weighted by Gasteiger charge is -2.23. The molecule has 0 saturated heterocycles. The van der Waals surface area contributed by atoms with Gasteiger partial charge in [0.05, 0.1) is 24.4 Å². The summed E-state index contributed by atoms with van der Waals surface area (Å²) in [6.07, 6.45) is 0.292. The van der Waals surface area contributed by atoms with E-state index in [1.54, 1.807) is 12.0 Å². The minimum absolute atomic E-state index is 0.0310. The minimum Gasteiger partial charge on any atom is -0.383 e. The van der Waals surface area contributed by atoms with Crippen LogP contribution in [0.5, 0.6) is 0 Å². The van der Waals surface area contributed by atoms with Crippen LogP contribution < -0.4 is 10.2 Å². The van der Waals surface area contributed by atoms with Crippen molar-refractivity contribution < 1.29 is 14.3 Å². The zero-order valence-corrected chi connectivity index (χ0v) is 18.1. The van der Waals surface area contributed by atoms with Crippen LogP contribution in [-0.2, 0) is 22.5 Å². The predicted octanol–water partition coefficient (Wildman–Crippen LogP) is 4.21. The van der Waals surface area contributed by atoms with Crippen LogP contribution in [-0.4, -0.2) is 32.1 Å². The van der Waals surface area contributed by atoms with Gasteiger partial charge in [0.15, 0.2) is 0 Å². The highest BCUT2D eigenvalue weighted by Crippen LogP contribution is 2.23. The second-order valence-electron chi connectivity index (χ2n) is 7.04. The summed E-state index contributed by atoms with van der Waals surface area (Å²) in [4.78, 5) is 27.7. The van der Waals surface area contributed by atoms with Crippen LogP contribution in [0.1, 0.15) is 26.4 Å². The number of ether oxygens (including phenoxy) is 1. The van der Waals surface area contributed by atoms with E-state index in [9.17, 15) is 9.59 Å². The van der Waals surface area contributed by atoms with Crippen molar-refractivity contribution in [3.05, 3.63) is 87.6 Å². The topological polar surface area (TPSA) is 58.6 Å². The Morgan fingerprint density at radius 1 is 1.03 bits per heavy atom. The molecule has 1 heterocycles. The largest absolute Gasteiger partial charge is 0.383 e. The van der Waals surface area contributed by atoms with Gasteiger partial charge in [0.1, 0.15) is 0 Å². The first-order valence-electron chi connectivity index (χ1n) is 9.82. The van der Waals surface area contributed by atoms with Crippen LogP contribution in [0, 0.1) is 6.92 Å². The minimum atomic E-state index is -0.0499. The molecule has 0 saturated carbocycles.